The van der Waals surface area contributed by atoms with Gasteiger partial charge in [-0.15, -0.1) is 0 Å². The average molecular weight is 365 g/mol. The van der Waals surface area contributed by atoms with Crippen molar-refractivity contribution in [2.75, 3.05) is 26.2 Å². The summed E-state index contributed by atoms with van der Waals surface area (Å²) in [6.45, 7) is 2.43. The predicted molar refractivity (Wildman–Crippen MR) is 105 cm³/mol. The molecule has 0 radical (unpaired) electrons. The third-order valence-electron chi connectivity index (χ3n) is 5.77. The van der Waals surface area contributed by atoms with E-state index in [0.29, 0.717) is 38.2 Å². The van der Waals surface area contributed by atoms with E-state index in [1.54, 1.807) is 0 Å². The van der Waals surface area contributed by atoms with Crippen molar-refractivity contribution < 1.29 is 9.59 Å². The van der Waals surface area contributed by atoms with E-state index in [1.807, 2.05) is 39.9 Å². The molecule has 0 spiro atoms. The van der Waals surface area contributed by atoms with Gasteiger partial charge >= 0.3 is 0 Å². The lowest BCUT2D eigenvalue weighted by Gasteiger charge is -2.34. The fourth-order valence-corrected chi connectivity index (χ4v) is 4.15. The van der Waals surface area contributed by atoms with E-state index in [1.165, 1.54) is 30.4 Å². The minimum atomic E-state index is 0.0531. The molecule has 0 atom stereocenters. The molecule has 1 saturated heterocycles. The van der Waals surface area contributed by atoms with E-state index in [9.17, 15) is 9.59 Å². The van der Waals surface area contributed by atoms with Gasteiger partial charge in [-0.05, 0) is 48.4 Å². The van der Waals surface area contributed by atoms with Crippen molar-refractivity contribution in [1.82, 2.24) is 14.4 Å². The van der Waals surface area contributed by atoms with Crippen molar-refractivity contribution in [3.05, 3.63) is 58.9 Å². The number of aromatic nitrogens is 1. The molecule has 2 aliphatic rings. The van der Waals surface area contributed by atoms with E-state index >= 15 is 0 Å². The maximum absolute atomic E-state index is 12.7. The number of amides is 2. The molecule has 5 nitrogen and oxygen atoms in total. The highest BCUT2D eigenvalue weighted by atomic mass is 16.2. The smallest absolute Gasteiger partial charge is 0.255 e. The Kier molecular flexibility index (Phi) is 5.01. The first kappa shape index (κ1) is 17.8. The normalized spacial score (nSPS) is 16.9. The van der Waals surface area contributed by atoms with Gasteiger partial charge in [0.15, 0.2) is 0 Å². The van der Waals surface area contributed by atoms with E-state index in [0.717, 1.165) is 12.0 Å². The molecule has 4 rings (SSSR count). The lowest BCUT2D eigenvalue weighted by molar-refractivity contribution is -0.131. The summed E-state index contributed by atoms with van der Waals surface area (Å²) < 4.78 is 1.88. The van der Waals surface area contributed by atoms with Crippen LogP contribution >= 0.6 is 0 Å². The van der Waals surface area contributed by atoms with Crippen molar-refractivity contribution in [1.29, 1.82) is 0 Å². The Morgan fingerprint density at radius 3 is 2.33 bits per heavy atom. The summed E-state index contributed by atoms with van der Waals surface area (Å²) in [5.74, 6) is 0.218. The van der Waals surface area contributed by atoms with Crippen molar-refractivity contribution in [3.63, 3.8) is 0 Å². The summed E-state index contributed by atoms with van der Waals surface area (Å²) in [5.41, 5.74) is 4.70. The predicted octanol–water partition coefficient (Wildman–Crippen LogP) is 2.43. The van der Waals surface area contributed by atoms with Gasteiger partial charge in [-0.2, -0.15) is 0 Å². The van der Waals surface area contributed by atoms with Crippen LogP contribution in [0.5, 0.6) is 0 Å². The molecule has 142 valence electrons. The first-order chi connectivity index (χ1) is 13.1. The van der Waals surface area contributed by atoms with E-state index < -0.39 is 0 Å². The number of hydrogen-bond acceptors (Lipinski definition) is 2. The SMILES string of the molecule is Cn1ccc(C(=O)N2CCN(C(=O)Cc3ccc4c(c3)CCCC4)CC2)c1. The maximum Gasteiger partial charge on any atom is 0.255 e. The number of carbonyl (C=O) groups is 2. The molecule has 0 unspecified atom stereocenters. The highest BCUT2D eigenvalue weighted by Crippen LogP contribution is 2.22. The van der Waals surface area contributed by atoms with E-state index in [2.05, 4.69) is 18.2 Å². The highest BCUT2D eigenvalue weighted by molar-refractivity contribution is 5.94. The van der Waals surface area contributed by atoms with Crippen LogP contribution in [0.4, 0.5) is 0 Å². The zero-order valence-electron chi connectivity index (χ0n) is 16.0. The third kappa shape index (κ3) is 3.92. The van der Waals surface area contributed by atoms with Gasteiger partial charge in [-0.3, -0.25) is 9.59 Å². The largest absolute Gasteiger partial charge is 0.356 e. The Labute approximate surface area is 160 Å². The van der Waals surface area contributed by atoms with E-state index in [-0.39, 0.29) is 11.8 Å². The second-order valence-electron chi connectivity index (χ2n) is 7.73. The molecule has 2 heterocycles. The Balaban J connectivity index is 1.33. The maximum atomic E-state index is 12.7. The number of carbonyl (C=O) groups excluding carboxylic acids is 2. The summed E-state index contributed by atoms with van der Waals surface area (Å²) in [5, 5.41) is 0. The molecule has 1 aliphatic carbocycles. The van der Waals surface area contributed by atoms with Crippen molar-refractivity contribution in [2.45, 2.75) is 32.1 Å². The van der Waals surface area contributed by atoms with Gasteiger partial charge in [0.25, 0.3) is 5.91 Å². The number of nitrogens with zero attached hydrogens (tertiary/aromatic N) is 3. The fraction of sp³-hybridized carbons (Fsp3) is 0.455. The summed E-state index contributed by atoms with van der Waals surface area (Å²) in [4.78, 5) is 29.0. The Hall–Kier alpha value is -2.56. The Morgan fingerprint density at radius 2 is 1.63 bits per heavy atom. The lowest BCUT2D eigenvalue weighted by Crippen LogP contribution is -2.50. The van der Waals surface area contributed by atoms with Crippen LogP contribution in [0.1, 0.15) is 39.9 Å². The summed E-state index contributed by atoms with van der Waals surface area (Å²) in [6, 6.07) is 8.38. The number of benzene rings is 1. The van der Waals surface area contributed by atoms with Crippen LogP contribution in [0.25, 0.3) is 0 Å². The molecule has 2 amide bonds. The number of piperazine rings is 1. The van der Waals surface area contributed by atoms with Crippen LogP contribution in [0.15, 0.2) is 36.7 Å². The molecular formula is C22H27N3O2. The molecule has 1 aliphatic heterocycles. The minimum absolute atomic E-state index is 0.0531. The van der Waals surface area contributed by atoms with Crippen molar-refractivity contribution in [3.8, 4) is 0 Å². The minimum Gasteiger partial charge on any atom is -0.356 e. The zero-order chi connectivity index (χ0) is 18.8. The number of fused-ring (bicyclic) bond motifs is 1. The van der Waals surface area contributed by atoms with Gasteiger partial charge < -0.3 is 14.4 Å². The topological polar surface area (TPSA) is 45.6 Å². The van der Waals surface area contributed by atoms with Crippen LogP contribution in [-0.4, -0.2) is 52.4 Å². The number of aryl methyl sites for hydroxylation is 3. The molecule has 5 heteroatoms. The fourth-order valence-electron chi connectivity index (χ4n) is 4.15. The van der Waals surface area contributed by atoms with Crippen molar-refractivity contribution in [2.24, 2.45) is 7.05 Å². The van der Waals surface area contributed by atoms with Crippen LogP contribution in [-0.2, 0) is 31.1 Å². The number of rotatable bonds is 3. The Bertz CT molecular complexity index is 847. The first-order valence-corrected chi connectivity index (χ1v) is 9.90. The molecule has 0 bridgehead atoms. The monoisotopic (exact) mass is 365 g/mol. The average Bonchev–Trinajstić information content (AvgIpc) is 3.14. The molecule has 0 saturated carbocycles. The molecule has 0 N–H and O–H groups in total. The molecule has 27 heavy (non-hydrogen) atoms. The molecule has 2 aromatic rings. The van der Waals surface area contributed by atoms with Crippen LogP contribution in [0.2, 0.25) is 0 Å². The van der Waals surface area contributed by atoms with E-state index in [4.69, 9.17) is 0 Å². The lowest BCUT2D eigenvalue weighted by atomic mass is 9.90. The second kappa shape index (κ2) is 7.59. The van der Waals surface area contributed by atoms with Crippen molar-refractivity contribution >= 4 is 11.8 Å². The number of hydrogen-bond donors (Lipinski definition) is 0. The van der Waals surface area contributed by atoms with Crippen LogP contribution < -0.4 is 0 Å². The second-order valence-corrected chi connectivity index (χ2v) is 7.73. The van der Waals surface area contributed by atoms with Gasteiger partial charge in [0.1, 0.15) is 0 Å². The standard InChI is InChI=1S/C22H27N3O2/c1-23-9-8-20(16-23)22(27)25-12-10-24(11-13-25)21(26)15-17-6-7-18-4-2-3-5-19(18)14-17/h6-9,14,16H,2-5,10-13,15H2,1H3. The van der Waals surface area contributed by atoms with Gasteiger partial charge in [0.05, 0.1) is 12.0 Å². The summed E-state index contributed by atoms with van der Waals surface area (Å²) >= 11 is 0. The van der Waals surface area contributed by atoms with Crippen LogP contribution in [0, 0.1) is 0 Å². The summed E-state index contributed by atoms with van der Waals surface area (Å²) in [6.07, 6.45) is 9.01. The van der Waals surface area contributed by atoms with Gasteiger partial charge in [0, 0.05) is 45.6 Å². The molecule has 1 aromatic carbocycles. The van der Waals surface area contributed by atoms with Crippen LogP contribution in [0.3, 0.4) is 0 Å². The van der Waals surface area contributed by atoms with Gasteiger partial charge in [0.2, 0.25) is 5.91 Å². The van der Waals surface area contributed by atoms with Gasteiger partial charge in [-0.1, -0.05) is 18.2 Å². The molecular weight excluding hydrogens is 338 g/mol. The molecule has 1 fully saturated rings. The highest BCUT2D eigenvalue weighted by Gasteiger charge is 2.25. The Morgan fingerprint density at radius 1 is 0.926 bits per heavy atom. The first-order valence-electron chi connectivity index (χ1n) is 9.90. The van der Waals surface area contributed by atoms with Gasteiger partial charge in [-0.25, -0.2) is 0 Å². The third-order valence-corrected chi connectivity index (χ3v) is 5.77. The zero-order valence-corrected chi connectivity index (χ0v) is 16.0. The quantitative estimate of drug-likeness (QED) is 0.839. The molecule has 1 aromatic heterocycles. The summed E-state index contributed by atoms with van der Waals surface area (Å²) in [7, 11) is 1.91.